The maximum atomic E-state index is 4.39. The standard InChI is InChI=1S/C14H18BrN3/c1-3-10-18-13(8-9-17-18)14(16-2)11-6-4-5-7-12(11)15/h4-9,14,16H,3,10H2,1-2H3. The number of aromatic nitrogens is 2. The predicted molar refractivity (Wildman–Crippen MR) is 77.6 cm³/mol. The van der Waals surface area contributed by atoms with Crippen LogP contribution in [0.15, 0.2) is 41.0 Å². The summed E-state index contributed by atoms with van der Waals surface area (Å²) in [6.45, 7) is 3.11. The first-order chi connectivity index (χ1) is 8.77. The van der Waals surface area contributed by atoms with Crippen LogP contribution >= 0.6 is 15.9 Å². The largest absolute Gasteiger partial charge is 0.308 e. The van der Waals surface area contributed by atoms with Crippen LogP contribution in [-0.4, -0.2) is 16.8 Å². The fourth-order valence-electron chi connectivity index (χ4n) is 2.16. The molecule has 1 atom stereocenters. The van der Waals surface area contributed by atoms with E-state index < -0.39 is 0 Å². The number of hydrogen-bond donors (Lipinski definition) is 1. The van der Waals surface area contributed by atoms with Crippen LogP contribution in [0.4, 0.5) is 0 Å². The molecule has 0 amide bonds. The quantitative estimate of drug-likeness (QED) is 0.918. The van der Waals surface area contributed by atoms with Crippen LogP contribution < -0.4 is 5.32 Å². The molecule has 0 radical (unpaired) electrons. The Hall–Kier alpha value is -1.13. The summed E-state index contributed by atoms with van der Waals surface area (Å²) in [5.74, 6) is 0. The molecule has 0 fully saturated rings. The van der Waals surface area contributed by atoms with Crippen molar-refractivity contribution in [1.29, 1.82) is 0 Å². The average Bonchev–Trinajstić information content (AvgIpc) is 2.82. The fourth-order valence-corrected chi connectivity index (χ4v) is 2.67. The molecule has 96 valence electrons. The van der Waals surface area contributed by atoms with Crippen molar-refractivity contribution < 1.29 is 0 Å². The molecule has 0 spiro atoms. The number of benzene rings is 1. The van der Waals surface area contributed by atoms with Crippen molar-refractivity contribution in [2.75, 3.05) is 7.05 Å². The van der Waals surface area contributed by atoms with Gasteiger partial charge >= 0.3 is 0 Å². The molecular formula is C14H18BrN3. The SMILES string of the molecule is CCCn1nccc1C(NC)c1ccccc1Br. The van der Waals surface area contributed by atoms with Crippen LogP contribution in [0.3, 0.4) is 0 Å². The molecule has 2 rings (SSSR count). The molecule has 0 aliphatic rings. The molecule has 4 heteroatoms. The van der Waals surface area contributed by atoms with Gasteiger partial charge in [0.2, 0.25) is 0 Å². The highest BCUT2D eigenvalue weighted by molar-refractivity contribution is 9.10. The van der Waals surface area contributed by atoms with Crippen molar-refractivity contribution in [1.82, 2.24) is 15.1 Å². The molecule has 1 heterocycles. The van der Waals surface area contributed by atoms with Crippen molar-refractivity contribution in [3.05, 3.63) is 52.3 Å². The van der Waals surface area contributed by atoms with Crippen molar-refractivity contribution >= 4 is 15.9 Å². The lowest BCUT2D eigenvalue weighted by Gasteiger charge is -2.19. The molecule has 1 aromatic heterocycles. The van der Waals surface area contributed by atoms with E-state index in [9.17, 15) is 0 Å². The normalized spacial score (nSPS) is 12.6. The van der Waals surface area contributed by atoms with Gasteiger partial charge in [-0.2, -0.15) is 5.10 Å². The predicted octanol–water partition coefficient (Wildman–Crippen LogP) is 3.36. The second-order valence-corrected chi connectivity index (χ2v) is 5.08. The third-order valence-corrected chi connectivity index (χ3v) is 3.71. The first-order valence-electron chi connectivity index (χ1n) is 6.21. The zero-order valence-corrected chi connectivity index (χ0v) is 12.3. The second kappa shape index (κ2) is 6.16. The number of nitrogens with one attached hydrogen (secondary N) is 1. The first-order valence-corrected chi connectivity index (χ1v) is 7.00. The van der Waals surface area contributed by atoms with E-state index in [1.54, 1.807) is 0 Å². The first kappa shape index (κ1) is 13.3. The summed E-state index contributed by atoms with van der Waals surface area (Å²) in [5, 5.41) is 7.76. The molecule has 1 aromatic carbocycles. The van der Waals surface area contributed by atoms with E-state index in [2.05, 4.69) is 62.2 Å². The van der Waals surface area contributed by atoms with Crippen molar-refractivity contribution in [2.45, 2.75) is 25.9 Å². The van der Waals surface area contributed by atoms with Crippen LogP contribution in [0.1, 0.15) is 30.6 Å². The maximum absolute atomic E-state index is 4.39. The van der Waals surface area contributed by atoms with Gasteiger partial charge in [-0.05, 0) is 31.2 Å². The minimum absolute atomic E-state index is 0.162. The molecule has 2 aromatic rings. The number of aryl methyl sites for hydroxylation is 1. The Balaban J connectivity index is 2.39. The zero-order chi connectivity index (χ0) is 13.0. The van der Waals surface area contributed by atoms with Crippen LogP contribution in [0.5, 0.6) is 0 Å². The zero-order valence-electron chi connectivity index (χ0n) is 10.7. The van der Waals surface area contributed by atoms with E-state index in [1.165, 1.54) is 11.3 Å². The molecule has 0 saturated carbocycles. The molecule has 1 N–H and O–H groups in total. The fraction of sp³-hybridized carbons (Fsp3) is 0.357. The highest BCUT2D eigenvalue weighted by Crippen LogP contribution is 2.28. The van der Waals surface area contributed by atoms with Gasteiger partial charge in [-0.3, -0.25) is 4.68 Å². The monoisotopic (exact) mass is 307 g/mol. The van der Waals surface area contributed by atoms with Gasteiger partial charge in [-0.25, -0.2) is 0 Å². The number of hydrogen-bond acceptors (Lipinski definition) is 2. The summed E-state index contributed by atoms with van der Waals surface area (Å²) in [7, 11) is 1.98. The Morgan fingerprint density at radius 1 is 1.33 bits per heavy atom. The Morgan fingerprint density at radius 3 is 2.78 bits per heavy atom. The lowest BCUT2D eigenvalue weighted by molar-refractivity contribution is 0.534. The van der Waals surface area contributed by atoms with E-state index in [-0.39, 0.29) is 6.04 Å². The Labute approximate surface area is 116 Å². The van der Waals surface area contributed by atoms with Gasteiger partial charge in [0, 0.05) is 17.2 Å². The molecule has 1 unspecified atom stereocenters. The third kappa shape index (κ3) is 2.65. The lowest BCUT2D eigenvalue weighted by Crippen LogP contribution is -2.22. The van der Waals surface area contributed by atoms with Crippen LogP contribution in [0, 0.1) is 0 Å². The van der Waals surface area contributed by atoms with E-state index in [0.717, 1.165) is 17.4 Å². The van der Waals surface area contributed by atoms with Gasteiger partial charge in [-0.15, -0.1) is 0 Å². The summed E-state index contributed by atoms with van der Waals surface area (Å²) in [6, 6.07) is 10.5. The summed E-state index contributed by atoms with van der Waals surface area (Å²) in [5.41, 5.74) is 2.43. The van der Waals surface area contributed by atoms with Gasteiger partial charge in [0.15, 0.2) is 0 Å². The van der Waals surface area contributed by atoms with Gasteiger partial charge in [0.25, 0.3) is 0 Å². The lowest BCUT2D eigenvalue weighted by atomic mass is 10.0. The van der Waals surface area contributed by atoms with Crippen LogP contribution in [0.2, 0.25) is 0 Å². The number of rotatable bonds is 5. The molecule has 18 heavy (non-hydrogen) atoms. The molecule has 0 bridgehead atoms. The third-order valence-electron chi connectivity index (χ3n) is 2.99. The van der Waals surface area contributed by atoms with Gasteiger partial charge in [-0.1, -0.05) is 41.1 Å². The Morgan fingerprint density at radius 2 is 2.11 bits per heavy atom. The Kier molecular flexibility index (Phi) is 4.55. The number of halogens is 1. The summed E-state index contributed by atoms with van der Waals surface area (Å²) >= 11 is 3.62. The minimum Gasteiger partial charge on any atom is -0.308 e. The summed E-state index contributed by atoms with van der Waals surface area (Å²) in [4.78, 5) is 0. The van der Waals surface area contributed by atoms with Crippen molar-refractivity contribution in [2.24, 2.45) is 0 Å². The maximum Gasteiger partial charge on any atom is 0.0756 e. The number of nitrogens with zero attached hydrogens (tertiary/aromatic N) is 2. The van der Waals surface area contributed by atoms with E-state index >= 15 is 0 Å². The average molecular weight is 308 g/mol. The highest BCUT2D eigenvalue weighted by atomic mass is 79.9. The van der Waals surface area contributed by atoms with E-state index in [4.69, 9.17) is 0 Å². The molecular weight excluding hydrogens is 290 g/mol. The van der Waals surface area contributed by atoms with Crippen molar-refractivity contribution in [3.8, 4) is 0 Å². The molecule has 0 aliphatic carbocycles. The van der Waals surface area contributed by atoms with Gasteiger partial charge in [0.05, 0.1) is 11.7 Å². The van der Waals surface area contributed by atoms with Gasteiger partial charge < -0.3 is 5.32 Å². The summed E-state index contributed by atoms with van der Waals surface area (Å²) in [6.07, 6.45) is 2.95. The van der Waals surface area contributed by atoms with Crippen molar-refractivity contribution in [3.63, 3.8) is 0 Å². The summed E-state index contributed by atoms with van der Waals surface area (Å²) < 4.78 is 3.19. The molecule has 0 saturated heterocycles. The van der Waals surface area contributed by atoms with Crippen LogP contribution in [0.25, 0.3) is 0 Å². The smallest absolute Gasteiger partial charge is 0.0756 e. The molecule has 0 aliphatic heterocycles. The van der Waals surface area contributed by atoms with E-state index in [1.807, 2.05) is 19.3 Å². The second-order valence-electron chi connectivity index (χ2n) is 4.22. The molecule has 3 nitrogen and oxygen atoms in total. The minimum atomic E-state index is 0.162. The highest BCUT2D eigenvalue weighted by Gasteiger charge is 2.18. The van der Waals surface area contributed by atoms with E-state index in [0.29, 0.717) is 0 Å². The Bertz CT molecular complexity index is 507. The topological polar surface area (TPSA) is 29.9 Å². The van der Waals surface area contributed by atoms with Gasteiger partial charge in [0.1, 0.15) is 0 Å². The van der Waals surface area contributed by atoms with Crippen LogP contribution in [-0.2, 0) is 6.54 Å².